The van der Waals surface area contributed by atoms with Gasteiger partial charge in [0.15, 0.2) is 5.96 Å². The predicted octanol–water partition coefficient (Wildman–Crippen LogP) is 2.08. The molecule has 8 heteroatoms. The fourth-order valence-corrected chi connectivity index (χ4v) is 2.65. The van der Waals surface area contributed by atoms with Gasteiger partial charge < -0.3 is 24.5 Å². The Hall–Kier alpha value is -0.840. The first-order valence-electron chi connectivity index (χ1n) is 9.23. The molecule has 1 fully saturated rings. The number of hydrogen-bond acceptors (Lipinski definition) is 5. The van der Waals surface area contributed by atoms with Crippen molar-refractivity contribution in [2.24, 2.45) is 4.99 Å². The maximum atomic E-state index is 5.58. The summed E-state index contributed by atoms with van der Waals surface area (Å²) in [6.45, 7) is 11.6. The Bertz CT molecular complexity index is 479. The SMILES string of the molecule is CCNC(=NCC(C)N1CCOCC1)NCCCOCc1ccco1.I. The molecule has 0 saturated carbocycles. The average molecular weight is 480 g/mol. The molecule has 0 amide bonds. The van der Waals surface area contributed by atoms with Crippen LogP contribution >= 0.6 is 24.0 Å². The first-order valence-corrected chi connectivity index (χ1v) is 9.23. The van der Waals surface area contributed by atoms with E-state index in [1.54, 1.807) is 6.26 Å². The molecular weight excluding hydrogens is 447 g/mol. The van der Waals surface area contributed by atoms with Gasteiger partial charge in [-0.2, -0.15) is 0 Å². The summed E-state index contributed by atoms with van der Waals surface area (Å²) >= 11 is 0. The highest BCUT2D eigenvalue weighted by Crippen LogP contribution is 2.04. The molecule has 0 bridgehead atoms. The van der Waals surface area contributed by atoms with Gasteiger partial charge in [-0.25, -0.2) is 0 Å². The highest BCUT2D eigenvalue weighted by molar-refractivity contribution is 14.0. The van der Waals surface area contributed by atoms with Crippen LogP contribution < -0.4 is 10.6 Å². The van der Waals surface area contributed by atoms with Crippen LogP contribution in [0.2, 0.25) is 0 Å². The van der Waals surface area contributed by atoms with Crippen LogP contribution in [0.5, 0.6) is 0 Å². The highest BCUT2D eigenvalue weighted by atomic mass is 127. The van der Waals surface area contributed by atoms with E-state index in [1.807, 2.05) is 12.1 Å². The van der Waals surface area contributed by atoms with Gasteiger partial charge in [0.1, 0.15) is 12.4 Å². The van der Waals surface area contributed by atoms with Gasteiger partial charge in [0.05, 0.1) is 26.0 Å². The Morgan fingerprint density at radius 2 is 2.15 bits per heavy atom. The molecular formula is C18H33IN4O3. The lowest BCUT2D eigenvalue weighted by Gasteiger charge is -2.31. The molecule has 7 nitrogen and oxygen atoms in total. The van der Waals surface area contributed by atoms with Gasteiger partial charge in [0.25, 0.3) is 0 Å². The summed E-state index contributed by atoms with van der Waals surface area (Å²) in [4.78, 5) is 7.13. The summed E-state index contributed by atoms with van der Waals surface area (Å²) in [7, 11) is 0. The fraction of sp³-hybridized carbons (Fsp3) is 0.722. The minimum atomic E-state index is 0. The molecule has 2 rings (SSSR count). The molecule has 1 aromatic rings. The smallest absolute Gasteiger partial charge is 0.191 e. The molecule has 1 aliphatic heterocycles. The van der Waals surface area contributed by atoms with Crippen LogP contribution in [0, 0.1) is 0 Å². The van der Waals surface area contributed by atoms with Crippen molar-refractivity contribution in [3.05, 3.63) is 24.2 Å². The van der Waals surface area contributed by atoms with Gasteiger partial charge in [-0.05, 0) is 32.4 Å². The molecule has 0 spiro atoms. The molecule has 1 atom stereocenters. The number of hydrogen-bond donors (Lipinski definition) is 2. The zero-order valence-electron chi connectivity index (χ0n) is 15.9. The van der Waals surface area contributed by atoms with Gasteiger partial charge in [0.2, 0.25) is 0 Å². The monoisotopic (exact) mass is 480 g/mol. The molecule has 0 aromatic carbocycles. The quantitative estimate of drug-likeness (QED) is 0.231. The van der Waals surface area contributed by atoms with E-state index in [1.165, 1.54) is 0 Å². The van der Waals surface area contributed by atoms with Gasteiger partial charge in [-0.1, -0.05) is 0 Å². The van der Waals surface area contributed by atoms with Crippen LogP contribution in [0.15, 0.2) is 27.8 Å². The Balaban J connectivity index is 0.00000338. The summed E-state index contributed by atoms with van der Waals surface area (Å²) in [5, 5.41) is 6.66. The van der Waals surface area contributed by atoms with Gasteiger partial charge in [-0.15, -0.1) is 24.0 Å². The van der Waals surface area contributed by atoms with Crippen molar-refractivity contribution >= 4 is 29.9 Å². The van der Waals surface area contributed by atoms with Gasteiger partial charge in [-0.3, -0.25) is 9.89 Å². The zero-order chi connectivity index (χ0) is 17.7. The second-order valence-electron chi connectivity index (χ2n) is 6.13. The first kappa shape index (κ1) is 23.2. The number of furan rings is 1. The number of aliphatic imine (C=N–C) groups is 1. The molecule has 26 heavy (non-hydrogen) atoms. The number of rotatable bonds is 10. The van der Waals surface area contributed by atoms with Crippen LogP contribution in [-0.2, 0) is 16.1 Å². The lowest BCUT2D eigenvalue weighted by molar-refractivity contribution is 0.0220. The predicted molar refractivity (Wildman–Crippen MR) is 114 cm³/mol. The number of nitrogens with zero attached hydrogens (tertiary/aromatic N) is 2. The third-order valence-corrected chi connectivity index (χ3v) is 4.11. The van der Waals surface area contributed by atoms with Crippen LogP contribution in [0.25, 0.3) is 0 Å². The summed E-state index contributed by atoms with van der Waals surface area (Å²) in [6, 6.07) is 4.22. The first-order chi connectivity index (χ1) is 12.3. The van der Waals surface area contributed by atoms with E-state index in [2.05, 4.69) is 29.4 Å². The molecule has 0 aliphatic carbocycles. The maximum Gasteiger partial charge on any atom is 0.191 e. The second-order valence-corrected chi connectivity index (χ2v) is 6.13. The molecule has 0 radical (unpaired) electrons. The van der Waals surface area contributed by atoms with Crippen molar-refractivity contribution in [1.82, 2.24) is 15.5 Å². The van der Waals surface area contributed by atoms with E-state index in [0.717, 1.165) is 64.1 Å². The molecule has 1 aromatic heterocycles. The maximum absolute atomic E-state index is 5.58. The number of halogens is 1. The van der Waals surface area contributed by atoms with Crippen molar-refractivity contribution in [1.29, 1.82) is 0 Å². The largest absolute Gasteiger partial charge is 0.467 e. The Kier molecular flexibility index (Phi) is 12.7. The van der Waals surface area contributed by atoms with E-state index in [0.29, 0.717) is 19.3 Å². The third kappa shape index (κ3) is 9.20. The lowest BCUT2D eigenvalue weighted by Crippen LogP contribution is -2.44. The summed E-state index contributed by atoms with van der Waals surface area (Å²) in [6.07, 6.45) is 2.58. The highest BCUT2D eigenvalue weighted by Gasteiger charge is 2.16. The second kappa shape index (κ2) is 14.2. The minimum absolute atomic E-state index is 0. The molecule has 1 aliphatic rings. The van der Waals surface area contributed by atoms with Crippen LogP contribution in [-0.4, -0.2) is 69.4 Å². The van der Waals surface area contributed by atoms with Crippen molar-refractivity contribution in [3.8, 4) is 0 Å². The molecule has 150 valence electrons. The normalized spacial score (nSPS) is 16.8. The summed E-state index contributed by atoms with van der Waals surface area (Å²) in [5.74, 6) is 1.73. The van der Waals surface area contributed by atoms with Crippen molar-refractivity contribution in [3.63, 3.8) is 0 Å². The number of guanidine groups is 1. The Morgan fingerprint density at radius 3 is 2.85 bits per heavy atom. The Morgan fingerprint density at radius 1 is 1.35 bits per heavy atom. The molecule has 2 N–H and O–H groups in total. The third-order valence-electron chi connectivity index (χ3n) is 4.11. The minimum Gasteiger partial charge on any atom is -0.467 e. The van der Waals surface area contributed by atoms with Crippen LogP contribution in [0.1, 0.15) is 26.0 Å². The van der Waals surface area contributed by atoms with Crippen molar-refractivity contribution in [2.75, 3.05) is 52.5 Å². The number of ether oxygens (including phenoxy) is 2. The van der Waals surface area contributed by atoms with Crippen molar-refractivity contribution < 1.29 is 13.9 Å². The van der Waals surface area contributed by atoms with E-state index in [-0.39, 0.29) is 24.0 Å². The summed E-state index contributed by atoms with van der Waals surface area (Å²) < 4.78 is 16.2. The molecule has 2 heterocycles. The fourth-order valence-electron chi connectivity index (χ4n) is 2.65. The van der Waals surface area contributed by atoms with E-state index in [9.17, 15) is 0 Å². The van der Waals surface area contributed by atoms with E-state index >= 15 is 0 Å². The average Bonchev–Trinajstić information content (AvgIpc) is 3.16. The summed E-state index contributed by atoms with van der Waals surface area (Å²) in [5.41, 5.74) is 0. The van der Waals surface area contributed by atoms with E-state index < -0.39 is 0 Å². The standard InChI is InChI=1S/C18H32N4O3.HI/c1-3-19-18(21-14-16(2)22-8-12-23-13-9-22)20-7-5-10-24-15-17-6-4-11-25-17;/h4,6,11,16H,3,5,7-10,12-15H2,1-2H3,(H2,19,20,21);1H. The van der Waals surface area contributed by atoms with Gasteiger partial charge in [0, 0.05) is 38.8 Å². The number of morpholine rings is 1. The topological polar surface area (TPSA) is 71.3 Å². The molecule has 1 unspecified atom stereocenters. The lowest BCUT2D eigenvalue weighted by atomic mass is 10.2. The van der Waals surface area contributed by atoms with Gasteiger partial charge >= 0.3 is 0 Å². The van der Waals surface area contributed by atoms with Crippen molar-refractivity contribution in [2.45, 2.75) is 32.9 Å². The van der Waals surface area contributed by atoms with E-state index in [4.69, 9.17) is 18.9 Å². The number of nitrogens with one attached hydrogen (secondary N) is 2. The zero-order valence-corrected chi connectivity index (χ0v) is 18.2. The Labute approximate surface area is 173 Å². The van der Waals surface area contributed by atoms with Crippen LogP contribution in [0.4, 0.5) is 0 Å². The molecule has 1 saturated heterocycles. The van der Waals surface area contributed by atoms with Crippen LogP contribution in [0.3, 0.4) is 0 Å².